The van der Waals surface area contributed by atoms with E-state index >= 15 is 0 Å². The third-order valence-corrected chi connectivity index (χ3v) is 6.08. The number of carbonyl (C=O) groups is 2. The maximum atomic E-state index is 13.6. The van der Waals surface area contributed by atoms with Gasteiger partial charge in [-0.25, -0.2) is 4.39 Å². The third kappa shape index (κ3) is 8.52. The Hall–Kier alpha value is -3.18. The average Bonchev–Trinajstić information content (AvgIpc) is 2.84. The molecule has 3 rings (SSSR count). The number of hydrogen-bond donors (Lipinski definition) is 1. The van der Waals surface area contributed by atoms with Gasteiger partial charge in [0.25, 0.3) is 0 Å². The molecule has 0 fully saturated rings. The van der Waals surface area contributed by atoms with Gasteiger partial charge in [-0.1, -0.05) is 80.0 Å². The van der Waals surface area contributed by atoms with E-state index in [1.807, 2.05) is 42.5 Å². The van der Waals surface area contributed by atoms with Crippen molar-refractivity contribution in [3.8, 4) is 0 Å². The zero-order valence-corrected chi connectivity index (χ0v) is 21.0. The molecule has 0 aliphatic carbocycles. The normalized spacial score (nSPS) is 11.8. The molecule has 0 unspecified atom stereocenters. The van der Waals surface area contributed by atoms with Crippen LogP contribution in [-0.4, -0.2) is 29.3 Å². The minimum Gasteiger partial charge on any atom is -0.354 e. The summed E-state index contributed by atoms with van der Waals surface area (Å²) in [7, 11) is 0. The summed E-state index contributed by atoms with van der Waals surface area (Å²) in [5.41, 5.74) is 2.52. The van der Waals surface area contributed by atoms with Crippen molar-refractivity contribution in [2.24, 2.45) is 5.92 Å². The fourth-order valence-electron chi connectivity index (χ4n) is 3.82. The lowest BCUT2D eigenvalue weighted by Crippen LogP contribution is -2.51. The van der Waals surface area contributed by atoms with E-state index in [9.17, 15) is 14.0 Å². The highest BCUT2D eigenvalue weighted by atomic mass is 35.5. The molecule has 4 nitrogen and oxygen atoms in total. The van der Waals surface area contributed by atoms with Gasteiger partial charge in [0.05, 0.1) is 6.42 Å². The van der Waals surface area contributed by atoms with Crippen LogP contribution in [0.3, 0.4) is 0 Å². The van der Waals surface area contributed by atoms with Gasteiger partial charge >= 0.3 is 0 Å². The molecule has 0 aromatic heterocycles. The summed E-state index contributed by atoms with van der Waals surface area (Å²) in [4.78, 5) is 28.7. The third-order valence-electron chi connectivity index (χ3n) is 5.83. The minimum atomic E-state index is -0.714. The molecule has 0 saturated heterocycles. The molecular formula is C29H32ClFN2O2. The standard InChI is InChI=1S/C29H32ClFN2O2/c1-21(2)16-17-32-29(35)27(18-22-6-4-3-5-7-22)33(20-24-10-14-26(31)15-11-24)28(34)19-23-8-12-25(30)13-9-23/h3-15,21,27H,16-20H2,1-2H3,(H,32,35)/t27-/m0/s1. The maximum Gasteiger partial charge on any atom is 0.243 e. The van der Waals surface area contributed by atoms with Gasteiger partial charge in [0.15, 0.2) is 0 Å². The minimum absolute atomic E-state index is 0.128. The molecule has 0 radical (unpaired) electrons. The Morgan fingerprint density at radius 1 is 0.886 bits per heavy atom. The lowest BCUT2D eigenvalue weighted by Gasteiger charge is -2.32. The van der Waals surface area contributed by atoms with E-state index in [0.717, 1.165) is 23.1 Å². The van der Waals surface area contributed by atoms with E-state index in [4.69, 9.17) is 11.6 Å². The molecule has 0 heterocycles. The quantitative estimate of drug-likeness (QED) is 0.365. The molecule has 3 aromatic rings. The first-order valence-corrected chi connectivity index (χ1v) is 12.3. The van der Waals surface area contributed by atoms with E-state index in [1.165, 1.54) is 12.1 Å². The Bertz CT molecular complexity index is 1090. The number of nitrogens with one attached hydrogen (secondary N) is 1. The van der Waals surface area contributed by atoms with E-state index in [1.54, 1.807) is 29.2 Å². The summed E-state index contributed by atoms with van der Waals surface area (Å²) in [5, 5.41) is 3.62. The van der Waals surface area contributed by atoms with Crippen LogP contribution in [-0.2, 0) is 29.0 Å². The van der Waals surface area contributed by atoms with E-state index in [0.29, 0.717) is 23.9 Å². The highest BCUT2D eigenvalue weighted by molar-refractivity contribution is 6.30. The number of rotatable bonds is 11. The van der Waals surface area contributed by atoms with Gasteiger partial charge in [0.1, 0.15) is 11.9 Å². The molecule has 0 aliphatic heterocycles. The van der Waals surface area contributed by atoms with Crippen molar-refractivity contribution < 1.29 is 14.0 Å². The van der Waals surface area contributed by atoms with Gasteiger partial charge in [0, 0.05) is 24.5 Å². The van der Waals surface area contributed by atoms with Crippen LogP contribution >= 0.6 is 11.6 Å². The number of carbonyl (C=O) groups excluding carboxylic acids is 2. The van der Waals surface area contributed by atoms with Crippen LogP contribution in [0.2, 0.25) is 5.02 Å². The van der Waals surface area contributed by atoms with Gasteiger partial charge in [-0.05, 0) is 53.3 Å². The fourth-order valence-corrected chi connectivity index (χ4v) is 3.95. The van der Waals surface area contributed by atoms with E-state index < -0.39 is 6.04 Å². The van der Waals surface area contributed by atoms with Gasteiger partial charge < -0.3 is 10.2 Å². The molecule has 0 saturated carbocycles. The second-order valence-corrected chi connectivity index (χ2v) is 9.57. The molecule has 184 valence electrons. The van der Waals surface area contributed by atoms with Gasteiger partial charge in [-0.3, -0.25) is 9.59 Å². The highest BCUT2D eigenvalue weighted by Crippen LogP contribution is 2.18. The number of hydrogen-bond acceptors (Lipinski definition) is 2. The van der Waals surface area contributed by atoms with Crippen LogP contribution in [0, 0.1) is 11.7 Å². The van der Waals surface area contributed by atoms with E-state index in [2.05, 4.69) is 19.2 Å². The molecule has 1 N–H and O–H groups in total. The fraction of sp³-hybridized carbons (Fsp3) is 0.310. The summed E-state index contributed by atoms with van der Waals surface area (Å²) in [6.07, 6.45) is 1.35. The Balaban J connectivity index is 1.91. The Morgan fingerprint density at radius 2 is 1.51 bits per heavy atom. The zero-order chi connectivity index (χ0) is 25.2. The van der Waals surface area contributed by atoms with Gasteiger partial charge in [0.2, 0.25) is 11.8 Å². The van der Waals surface area contributed by atoms with Crippen LogP contribution < -0.4 is 5.32 Å². The van der Waals surface area contributed by atoms with Crippen molar-refractivity contribution >= 4 is 23.4 Å². The molecule has 2 amide bonds. The van der Waals surface area contributed by atoms with Gasteiger partial charge in [-0.15, -0.1) is 0 Å². The topological polar surface area (TPSA) is 49.4 Å². The molecular weight excluding hydrogens is 463 g/mol. The largest absolute Gasteiger partial charge is 0.354 e. The second-order valence-electron chi connectivity index (χ2n) is 9.13. The van der Waals surface area contributed by atoms with Crippen molar-refractivity contribution in [1.29, 1.82) is 0 Å². The summed E-state index contributed by atoms with van der Waals surface area (Å²) in [5.74, 6) is -0.276. The monoisotopic (exact) mass is 494 g/mol. The van der Waals surface area contributed by atoms with Crippen molar-refractivity contribution in [2.45, 2.75) is 45.7 Å². The van der Waals surface area contributed by atoms with Crippen LogP contribution in [0.15, 0.2) is 78.9 Å². The Morgan fingerprint density at radius 3 is 2.14 bits per heavy atom. The average molecular weight is 495 g/mol. The summed E-state index contributed by atoms with van der Waals surface area (Å²) in [6.45, 7) is 4.94. The first-order chi connectivity index (χ1) is 16.8. The van der Waals surface area contributed by atoms with Crippen molar-refractivity contribution in [3.63, 3.8) is 0 Å². The Labute approximate surface area is 212 Å². The summed E-state index contributed by atoms with van der Waals surface area (Å²) in [6, 6.07) is 22.1. The lowest BCUT2D eigenvalue weighted by molar-refractivity contribution is -0.140. The van der Waals surface area contributed by atoms with Crippen molar-refractivity contribution in [3.05, 3.63) is 106 Å². The van der Waals surface area contributed by atoms with Gasteiger partial charge in [-0.2, -0.15) is 0 Å². The smallest absolute Gasteiger partial charge is 0.243 e. The van der Waals surface area contributed by atoms with Crippen LogP contribution in [0.5, 0.6) is 0 Å². The Kier molecular flexibility index (Phi) is 9.86. The first kappa shape index (κ1) is 26.4. The van der Waals surface area contributed by atoms with Crippen LogP contribution in [0.25, 0.3) is 0 Å². The number of benzene rings is 3. The molecule has 1 atom stereocenters. The molecule has 0 spiro atoms. The SMILES string of the molecule is CC(C)CCNC(=O)[C@H](Cc1ccccc1)N(Cc1ccc(F)cc1)C(=O)Cc1ccc(Cl)cc1. The second kappa shape index (κ2) is 13.1. The molecule has 6 heteroatoms. The first-order valence-electron chi connectivity index (χ1n) is 11.9. The number of halogens is 2. The predicted molar refractivity (Wildman–Crippen MR) is 139 cm³/mol. The van der Waals surface area contributed by atoms with Crippen molar-refractivity contribution in [2.75, 3.05) is 6.54 Å². The highest BCUT2D eigenvalue weighted by Gasteiger charge is 2.30. The zero-order valence-electron chi connectivity index (χ0n) is 20.2. The van der Waals surface area contributed by atoms with Crippen molar-refractivity contribution in [1.82, 2.24) is 10.2 Å². The molecule has 3 aromatic carbocycles. The maximum absolute atomic E-state index is 13.6. The predicted octanol–water partition coefficient (Wildman–Crippen LogP) is 5.82. The summed E-state index contributed by atoms with van der Waals surface area (Å²) >= 11 is 6.00. The van der Waals surface area contributed by atoms with Crippen LogP contribution in [0.1, 0.15) is 37.0 Å². The lowest BCUT2D eigenvalue weighted by atomic mass is 10.0. The number of nitrogens with zero attached hydrogens (tertiary/aromatic N) is 1. The van der Waals surface area contributed by atoms with Crippen LogP contribution in [0.4, 0.5) is 4.39 Å². The number of amides is 2. The molecule has 35 heavy (non-hydrogen) atoms. The molecule has 0 aliphatic rings. The summed E-state index contributed by atoms with van der Waals surface area (Å²) < 4.78 is 13.5. The molecule has 0 bridgehead atoms. The van der Waals surface area contributed by atoms with E-state index in [-0.39, 0.29) is 30.6 Å².